The molecule has 0 fully saturated rings. The molecule has 3 heterocycles. The number of hydrogen-bond acceptors (Lipinski definition) is 5. The van der Waals surface area contributed by atoms with E-state index in [-0.39, 0.29) is 26.5 Å². The van der Waals surface area contributed by atoms with Crippen molar-refractivity contribution in [2.75, 3.05) is 11.9 Å². The number of hydrogen-bond donors (Lipinski definition) is 0. The van der Waals surface area contributed by atoms with Crippen molar-refractivity contribution in [2.45, 2.75) is 26.2 Å². The Labute approximate surface area is 240 Å². The number of aromatic nitrogens is 1. The molecule has 6 heteroatoms. The van der Waals surface area contributed by atoms with Crippen LogP contribution in [0.2, 0.25) is 0 Å². The van der Waals surface area contributed by atoms with E-state index in [2.05, 4.69) is 63.2 Å². The maximum atomic E-state index is 7.61. The molecule has 0 amide bonds. The number of thiophene rings is 1. The van der Waals surface area contributed by atoms with Gasteiger partial charge in [0.25, 0.3) is 0 Å². The molecule has 6 rings (SSSR count). The van der Waals surface area contributed by atoms with E-state index in [0.717, 1.165) is 32.1 Å². The molecular weight excluding hydrogens is 658 g/mol. The molecule has 0 bridgehead atoms. The van der Waals surface area contributed by atoms with Crippen LogP contribution in [0.4, 0.5) is 5.69 Å². The standard InChI is InChI=1S/C31H26N3OS.Pt/c1-31(2,3)22-12-13-32-27(17-22)30-25-11-6-5-8-21(25)16-28-26(30)19-29(36-28)35-24-10-7-9-23(18-24)34-15-14-33(4)20-34;/h5-17,20H,1-4H3;/q-3;/i4D3;. The predicted molar refractivity (Wildman–Crippen MR) is 149 cm³/mol. The number of fused-ring (bicyclic) bond motifs is 2. The van der Waals surface area contributed by atoms with Crippen LogP contribution in [0, 0.1) is 18.8 Å². The van der Waals surface area contributed by atoms with Gasteiger partial charge in [-0.15, -0.1) is 30.0 Å². The Morgan fingerprint density at radius 1 is 1.03 bits per heavy atom. The second-order valence-electron chi connectivity index (χ2n) is 9.77. The summed E-state index contributed by atoms with van der Waals surface area (Å²) in [6.07, 6.45) is 5.08. The molecule has 0 radical (unpaired) electrons. The normalized spacial score (nSPS) is 14.9. The van der Waals surface area contributed by atoms with Crippen molar-refractivity contribution in [3.63, 3.8) is 0 Å². The van der Waals surface area contributed by atoms with Crippen LogP contribution in [0.25, 0.3) is 32.1 Å². The van der Waals surface area contributed by atoms with E-state index in [1.54, 1.807) is 11.1 Å². The van der Waals surface area contributed by atoms with Gasteiger partial charge in [-0.3, -0.25) is 4.98 Å². The van der Waals surface area contributed by atoms with E-state index < -0.39 is 6.98 Å². The Kier molecular flexibility index (Phi) is 5.90. The Bertz CT molecular complexity index is 1730. The molecule has 1 aliphatic heterocycles. The summed E-state index contributed by atoms with van der Waals surface area (Å²) >= 11 is 1.52. The van der Waals surface area contributed by atoms with Crippen LogP contribution in [0.1, 0.15) is 30.4 Å². The predicted octanol–water partition coefficient (Wildman–Crippen LogP) is 8.15. The summed E-state index contributed by atoms with van der Waals surface area (Å²) in [7, 11) is 0. The largest absolute Gasteiger partial charge is 0.510 e. The van der Waals surface area contributed by atoms with Crippen LogP contribution in [0.5, 0.6) is 10.8 Å². The Morgan fingerprint density at radius 3 is 2.70 bits per heavy atom. The molecule has 0 saturated carbocycles. The molecule has 0 saturated heterocycles. The van der Waals surface area contributed by atoms with Crippen LogP contribution in [-0.4, -0.2) is 16.9 Å². The first-order valence-corrected chi connectivity index (χ1v) is 12.5. The van der Waals surface area contributed by atoms with Gasteiger partial charge in [0.1, 0.15) is 5.06 Å². The first-order chi connectivity index (χ1) is 18.6. The molecule has 3 aromatic carbocycles. The fraction of sp³-hybridized carbons (Fsp3) is 0.161. The van der Waals surface area contributed by atoms with Crippen molar-refractivity contribution in [1.29, 1.82) is 0 Å². The summed E-state index contributed by atoms with van der Waals surface area (Å²) in [6, 6.07) is 27.0. The van der Waals surface area contributed by atoms with E-state index in [1.165, 1.54) is 34.7 Å². The second kappa shape index (κ2) is 9.96. The van der Waals surface area contributed by atoms with Gasteiger partial charge in [-0.05, 0) is 47.9 Å². The van der Waals surface area contributed by atoms with Gasteiger partial charge in [-0.2, -0.15) is 29.5 Å². The van der Waals surface area contributed by atoms with E-state index in [4.69, 9.17) is 13.8 Å². The van der Waals surface area contributed by atoms with Gasteiger partial charge in [-0.25, -0.2) is 0 Å². The Hall–Kier alpha value is -3.14. The molecule has 0 aliphatic carbocycles. The number of rotatable bonds is 4. The van der Waals surface area contributed by atoms with Crippen LogP contribution in [0.15, 0.2) is 79.3 Å². The van der Waals surface area contributed by atoms with Crippen LogP contribution < -0.4 is 9.64 Å². The molecular formula is C31H26N3OPtS-3. The van der Waals surface area contributed by atoms with Crippen LogP contribution >= 0.6 is 11.3 Å². The van der Waals surface area contributed by atoms with Crippen LogP contribution in [-0.2, 0) is 26.5 Å². The van der Waals surface area contributed by atoms with E-state index >= 15 is 0 Å². The third kappa shape index (κ3) is 5.03. The molecule has 2 aromatic heterocycles. The summed E-state index contributed by atoms with van der Waals surface area (Å²) in [5.74, 6) is 0.517. The average molecular weight is 687 g/mol. The maximum Gasteiger partial charge on any atom is 0.107 e. The minimum absolute atomic E-state index is 0. The van der Waals surface area contributed by atoms with Gasteiger partial charge in [0.05, 0.1) is 0 Å². The quantitative estimate of drug-likeness (QED) is 0.179. The maximum absolute atomic E-state index is 7.61. The molecule has 0 N–H and O–H groups in total. The summed E-state index contributed by atoms with van der Waals surface area (Å²) < 4.78 is 30.1. The van der Waals surface area contributed by atoms with Gasteiger partial charge in [0, 0.05) is 42.8 Å². The average Bonchev–Trinajstić information content (AvgIpc) is 3.54. The first-order valence-electron chi connectivity index (χ1n) is 13.2. The van der Waals surface area contributed by atoms with Crippen molar-refractivity contribution < 1.29 is 29.9 Å². The zero-order valence-electron chi connectivity index (χ0n) is 23.6. The topological polar surface area (TPSA) is 28.6 Å². The summed E-state index contributed by atoms with van der Waals surface area (Å²) in [5, 5.41) is 3.83. The summed E-state index contributed by atoms with van der Waals surface area (Å²) in [5.41, 5.74) is 3.84. The molecule has 0 unspecified atom stereocenters. The number of anilines is 1. The SMILES string of the molecule is [2H]C([2H])([2H])N1C=CN(c2[c-]c(Oc3[c-]c4c(-c5cc(C(C)(C)C)ccn5)c5ccccc5cc4s3)ccc2)[CH-]1.[Pt]. The molecule has 0 spiro atoms. The fourth-order valence-electron chi connectivity index (χ4n) is 4.34. The molecule has 1 aliphatic rings. The number of benzene rings is 3. The third-order valence-corrected chi connectivity index (χ3v) is 7.11. The van der Waals surface area contributed by atoms with Crippen molar-refractivity contribution in [1.82, 2.24) is 9.88 Å². The molecule has 190 valence electrons. The third-order valence-electron chi connectivity index (χ3n) is 6.20. The smallest absolute Gasteiger partial charge is 0.107 e. The van der Waals surface area contributed by atoms with E-state index in [9.17, 15) is 0 Å². The van der Waals surface area contributed by atoms with Gasteiger partial charge in [0.2, 0.25) is 0 Å². The summed E-state index contributed by atoms with van der Waals surface area (Å²) in [6.45, 7) is 5.88. The van der Waals surface area contributed by atoms with Crippen LogP contribution in [0.3, 0.4) is 0 Å². The minimum Gasteiger partial charge on any atom is -0.510 e. The molecule has 4 nitrogen and oxygen atoms in total. The monoisotopic (exact) mass is 686 g/mol. The van der Waals surface area contributed by atoms with Crippen molar-refractivity contribution in [3.05, 3.63) is 104 Å². The first kappa shape index (κ1) is 21.9. The van der Waals surface area contributed by atoms with E-state index in [0.29, 0.717) is 16.5 Å². The van der Waals surface area contributed by atoms with Gasteiger partial charge < -0.3 is 14.5 Å². The second-order valence-corrected chi connectivity index (χ2v) is 10.8. The molecule has 0 atom stereocenters. The summed E-state index contributed by atoms with van der Waals surface area (Å²) in [4.78, 5) is 7.66. The van der Waals surface area contributed by atoms with Crippen molar-refractivity contribution in [2.24, 2.45) is 0 Å². The molecule has 37 heavy (non-hydrogen) atoms. The minimum atomic E-state index is -2.24. The Morgan fingerprint density at radius 2 is 1.89 bits per heavy atom. The van der Waals surface area contributed by atoms with Gasteiger partial charge in [-0.1, -0.05) is 66.8 Å². The van der Waals surface area contributed by atoms with Gasteiger partial charge in [0.15, 0.2) is 0 Å². The molecule has 5 aromatic rings. The zero-order valence-corrected chi connectivity index (χ0v) is 23.6. The zero-order chi connectivity index (χ0) is 27.4. The van der Waals surface area contributed by atoms with Crippen molar-refractivity contribution in [3.8, 4) is 22.1 Å². The van der Waals surface area contributed by atoms with E-state index in [1.807, 2.05) is 36.5 Å². The number of ether oxygens (including phenoxy) is 1. The number of pyridine rings is 1. The number of nitrogens with zero attached hydrogens (tertiary/aromatic N) is 3. The van der Waals surface area contributed by atoms with Gasteiger partial charge >= 0.3 is 0 Å². The van der Waals surface area contributed by atoms with Crippen molar-refractivity contribution >= 4 is 37.9 Å². The fourth-order valence-corrected chi connectivity index (χ4v) is 5.27. The Balaban J connectivity index is 0.00000323.